The smallest absolute Gasteiger partial charge is 0.152 e. The number of aryl methyl sites for hydroxylation is 3. The second-order valence-electron chi connectivity index (χ2n) is 7.65. The van der Waals surface area contributed by atoms with E-state index < -0.39 is 0 Å². The lowest BCUT2D eigenvalue weighted by atomic mass is 9.97. The molecule has 0 bridgehead atoms. The quantitative estimate of drug-likeness (QED) is 0.665. The van der Waals surface area contributed by atoms with Gasteiger partial charge in [0.15, 0.2) is 5.82 Å². The molecule has 0 saturated carbocycles. The van der Waals surface area contributed by atoms with Crippen molar-refractivity contribution in [2.24, 2.45) is 0 Å². The molecule has 5 rings (SSSR count). The van der Waals surface area contributed by atoms with Gasteiger partial charge >= 0.3 is 0 Å². The van der Waals surface area contributed by atoms with Gasteiger partial charge in [-0.2, -0.15) is 0 Å². The zero-order valence-electron chi connectivity index (χ0n) is 16.9. The van der Waals surface area contributed by atoms with Crippen LogP contribution in [0.4, 0.5) is 5.82 Å². The van der Waals surface area contributed by atoms with Crippen LogP contribution in [0.15, 0.2) is 6.33 Å². The summed E-state index contributed by atoms with van der Waals surface area (Å²) in [5.74, 6) is 2.76. The zero-order chi connectivity index (χ0) is 19.6. The Labute approximate surface area is 174 Å². The number of fused-ring (bicyclic) bond motifs is 3. The lowest BCUT2D eigenvalue weighted by molar-refractivity contribution is 0.0331. The van der Waals surface area contributed by atoms with Crippen molar-refractivity contribution in [3.8, 4) is 0 Å². The van der Waals surface area contributed by atoms with Crippen LogP contribution in [0.25, 0.3) is 10.2 Å². The number of morpholine rings is 1. The Morgan fingerprint density at radius 2 is 2.03 bits per heavy atom. The molecule has 29 heavy (non-hydrogen) atoms. The number of rotatable bonds is 6. The van der Waals surface area contributed by atoms with Gasteiger partial charge < -0.3 is 14.6 Å². The summed E-state index contributed by atoms with van der Waals surface area (Å²) in [4.78, 5) is 14.9. The molecule has 0 amide bonds. The highest BCUT2D eigenvalue weighted by atomic mass is 32.1. The lowest BCUT2D eigenvalue weighted by Crippen LogP contribution is -2.36. The van der Waals surface area contributed by atoms with E-state index in [1.807, 2.05) is 11.3 Å². The number of anilines is 1. The number of aromatic nitrogens is 5. The summed E-state index contributed by atoms with van der Waals surface area (Å²) in [6.07, 6.45) is 6.59. The average Bonchev–Trinajstić information content (AvgIpc) is 3.36. The molecule has 2 aliphatic rings. The monoisotopic (exact) mass is 413 g/mol. The summed E-state index contributed by atoms with van der Waals surface area (Å²) >= 11 is 1.85. The van der Waals surface area contributed by atoms with Gasteiger partial charge in [-0.05, 0) is 38.2 Å². The second-order valence-corrected chi connectivity index (χ2v) is 8.74. The van der Waals surface area contributed by atoms with E-state index in [2.05, 4.69) is 31.9 Å². The van der Waals surface area contributed by atoms with Gasteiger partial charge in [0.2, 0.25) is 0 Å². The molecule has 0 aromatic carbocycles. The predicted molar refractivity (Wildman–Crippen MR) is 113 cm³/mol. The van der Waals surface area contributed by atoms with Crippen LogP contribution in [-0.2, 0) is 37.2 Å². The predicted octanol–water partition coefficient (Wildman–Crippen LogP) is 2.63. The summed E-state index contributed by atoms with van der Waals surface area (Å²) in [6, 6.07) is 0. The molecule has 0 atom stereocenters. The van der Waals surface area contributed by atoms with Gasteiger partial charge in [-0.15, -0.1) is 21.5 Å². The van der Waals surface area contributed by atoms with E-state index in [9.17, 15) is 0 Å². The summed E-state index contributed by atoms with van der Waals surface area (Å²) < 4.78 is 7.54. The fourth-order valence-electron chi connectivity index (χ4n) is 4.20. The molecular formula is C20H27N7OS. The first-order valence-electron chi connectivity index (χ1n) is 10.5. The topological polar surface area (TPSA) is 81.0 Å². The van der Waals surface area contributed by atoms with Crippen molar-refractivity contribution in [1.82, 2.24) is 29.6 Å². The molecule has 9 heteroatoms. The van der Waals surface area contributed by atoms with E-state index in [-0.39, 0.29) is 0 Å². The van der Waals surface area contributed by atoms with E-state index in [4.69, 9.17) is 14.7 Å². The Kier molecular flexibility index (Phi) is 5.43. The SMILES string of the molecule is CCn1cnnc1CNc1nc(CN2CCOCC2)nc2sc3c(c12)CCCC3. The highest BCUT2D eigenvalue weighted by Crippen LogP contribution is 2.38. The van der Waals surface area contributed by atoms with Gasteiger partial charge in [-0.3, -0.25) is 4.90 Å². The molecule has 1 fully saturated rings. The minimum Gasteiger partial charge on any atom is -0.379 e. The zero-order valence-corrected chi connectivity index (χ0v) is 17.7. The van der Waals surface area contributed by atoms with Crippen molar-refractivity contribution in [3.05, 3.63) is 28.4 Å². The standard InChI is InChI=1S/C20H27N7OS/c1-2-27-13-22-25-17(27)11-21-19-18-14-5-3-4-6-15(14)29-20(18)24-16(23-19)12-26-7-9-28-10-8-26/h13H,2-12H2,1H3,(H,21,23,24). The highest BCUT2D eigenvalue weighted by molar-refractivity contribution is 7.19. The third-order valence-electron chi connectivity index (χ3n) is 5.78. The number of ether oxygens (including phenoxy) is 1. The van der Waals surface area contributed by atoms with Crippen LogP contribution < -0.4 is 5.32 Å². The number of nitrogens with zero attached hydrogens (tertiary/aromatic N) is 6. The normalized spacial score (nSPS) is 17.6. The Bertz CT molecular complexity index is 992. The van der Waals surface area contributed by atoms with Gasteiger partial charge in [0.05, 0.1) is 31.7 Å². The number of hydrogen-bond acceptors (Lipinski definition) is 8. The van der Waals surface area contributed by atoms with Crippen LogP contribution >= 0.6 is 11.3 Å². The van der Waals surface area contributed by atoms with E-state index in [0.29, 0.717) is 6.54 Å². The number of hydrogen-bond donors (Lipinski definition) is 1. The first-order valence-corrected chi connectivity index (χ1v) is 11.3. The van der Waals surface area contributed by atoms with Crippen molar-refractivity contribution in [3.63, 3.8) is 0 Å². The molecular weight excluding hydrogens is 386 g/mol. The minimum absolute atomic E-state index is 0.613. The van der Waals surface area contributed by atoms with E-state index in [1.54, 1.807) is 6.33 Å². The Balaban J connectivity index is 1.48. The fourth-order valence-corrected chi connectivity index (χ4v) is 5.48. The average molecular weight is 414 g/mol. The Morgan fingerprint density at radius 3 is 2.90 bits per heavy atom. The van der Waals surface area contributed by atoms with Crippen LogP contribution in [0.5, 0.6) is 0 Å². The molecule has 4 heterocycles. The van der Waals surface area contributed by atoms with Crippen molar-refractivity contribution in [1.29, 1.82) is 0 Å². The van der Waals surface area contributed by atoms with Gasteiger partial charge in [0.1, 0.15) is 22.8 Å². The van der Waals surface area contributed by atoms with Crippen LogP contribution in [-0.4, -0.2) is 55.9 Å². The van der Waals surface area contributed by atoms with Crippen LogP contribution in [0.2, 0.25) is 0 Å². The fraction of sp³-hybridized carbons (Fsp3) is 0.600. The molecule has 1 aliphatic heterocycles. The summed E-state index contributed by atoms with van der Waals surface area (Å²) in [7, 11) is 0. The maximum Gasteiger partial charge on any atom is 0.152 e. The van der Waals surface area contributed by atoms with Gasteiger partial charge in [-0.25, -0.2) is 9.97 Å². The van der Waals surface area contributed by atoms with E-state index in [0.717, 1.165) is 68.1 Å². The first kappa shape index (κ1) is 18.9. The summed E-state index contributed by atoms with van der Waals surface area (Å²) in [6.45, 7) is 7.78. The molecule has 0 radical (unpaired) electrons. The van der Waals surface area contributed by atoms with E-state index in [1.165, 1.54) is 35.1 Å². The van der Waals surface area contributed by atoms with Crippen molar-refractivity contribution >= 4 is 27.4 Å². The molecule has 3 aromatic heterocycles. The molecule has 3 aromatic rings. The Hall–Kier alpha value is -2.10. The maximum atomic E-state index is 5.48. The van der Waals surface area contributed by atoms with Gasteiger partial charge in [0.25, 0.3) is 0 Å². The Morgan fingerprint density at radius 1 is 1.17 bits per heavy atom. The highest BCUT2D eigenvalue weighted by Gasteiger charge is 2.22. The molecule has 0 spiro atoms. The molecule has 8 nitrogen and oxygen atoms in total. The first-order chi connectivity index (χ1) is 14.3. The molecule has 0 unspecified atom stereocenters. The summed E-state index contributed by atoms with van der Waals surface area (Å²) in [5, 5.41) is 13.1. The van der Waals surface area contributed by atoms with Crippen LogP contribution in [0.3, 0.4) is 0 Å². The molecule has 1 aliphatic carbocycles. The van der Waals surface area contributed by atoms with Gasteiger partial charge in [-0.1, -0.05) is 0 Å². The molecule has 1 N–H and O–H groups in total. The van der Waals surface area contributed by atoms with Crippen molar-refractivity contribution in [2.75, 3.05) is 31.6 Å². The van der Waals surface area contributed by atoms with Crippen molar-refractivity contribution in [2.45, 2.75) is 52.2 Å². The second kappa shape index (κ2) is 8.33. The third-order valence-corrected chi connectivity index (χ3v) is 6.97. The van der Waals surface area contributed by atoms with Gasteiger partial charge in [0, 0.05) is 24.5 Å². The largest absolute Gasteiger partial charge is 0.379 e. The molecule has 1 saturated heterocycles. The molecule has 154 valence electrons. The van der Waals surface area contributed by atoms with Crippen molar-refractivity contribution < 1.29 is 4.74 Å². The maximum absolute atomic E-state index is 5.48. The van der Waals surface area contributed by atoms with Crippen LogP contribution in [0, 0.1) is 0 Å². The number of nitrogens with one attached hydrogen (secondary N) is 1. The van der Waals surface area contributed by atoms with Crippen LogP contribution in [0.1, 0.15) is 41.9 Å². The van der Waals surface area contributed by atoms with E-state index >= 15 is 0 Å². The third kappa shape index (κ3) is 3.86. The number of thiophene rings is 1. The lowest BCUT2D eigenvalue weighted by Gasteiger charge is -2.25. The minimum atomic E-state index is 0.613. The summed E-state index contributed by atoms with van der Waals surface area (Å²) in [5.41, 5.74) is 1.45.